The maximum Gasteiger partial charge on any atom is 0.0377 e. The predicted octanol–water partition coefficient (Wildman–Crippen LogP) is 1.86. The van der Waals surface area contributed by atoms with E-state index in [1.54, 1.807) is 6.20 Å². The molecule has 2 nitrogen and oxygen atoms in total. The Morgan fingerprint density at radius 2 is 2.27 bits per heavy atom. The van der Waals surface area contributed by atoms with E-state index in [4.69, 9.17) is 5.73 Å². The molecule has 0 aliphatic heterocycles. The molecule has 2 heteroatoms. The molecule has 2 N–H and O–H groups in total. The van der Waals surface area contributed by atoms with E-state index >= 15 is 0 Å². The molecule has 0 bridgehead atoms. The first-order valence-electron chi connectivity index (χ1n) is 3.88. The van der Waals surface area contributed by atoms with Crippen LogP contribution in [-0.2, 0) is 6.42 Å². The molecular weight excluding hydrogens is 136 g/mol. The second-order valence-electron chi connectivity index (χ2n) is 3.17. The van der Waals surface area contributed by atoms with E-state index in [9.17, 15) is 0 Å². The highest BCUT2D eigenvalue weighted by atomic mass is 14.7. The molecule has 0 unspecified atom stereocenters. The molecule has 0 fully saturated rings. The minimum absolute atomic E-state index is 0.640. The van der Waals surface area contributed by atoms with Gasteiger partial charge in [-0.25, -0.2) is 0 Å². The summed E-state index contributed by atoms with van der Waals surface area (Å²) in [5.41, 5.74) is 7.74. The van der Waals surface area contributed by atoms with Gasteiger partial charge in [0.2, 0.25) is 0 Å². The van der Waals surface area contributed by atoms with Crippen LogP contribution in [0.1, 0.15) is 19.4 Å². The molecule has 0 atom stereocenters. The van der Waals surface area contributed by atoms with Gasteiger partial charge in [-0.05, 0) is 24.0 Å². The lowest BCUT2D eigenvalue weighted by atomic mass is 10.0. The summed E-state index contributed by atoms with van der Waals surface area (Å²) in [7, 11) is 0. The molecular formula is C9H14N2. The van der Waals surface area contributed by atoms with Crippen LogP contribution < -0.4 is 5.73 Å². The van der Waals surface area contributed by atoms with Crippen molar-refractivity contribution < 1.29 is 0 Å². The number of rotatable bonds is 2. The van der Waals surface area contributed by atoms with Crippen molar-refractivity contribution in [1.29, 1.82) is 0 Å². The molecule has 0 amide bonds. The van der Waals surface area contributed by atoms with Crippen molar-refractivity contribution >= 4 is 5.69 Å². The molecule has 0 aliphatic carbocycles. The lowest BCUT2D eigenvalue weighted by molar-refractivity contribution is 0.647. The zero-order valence-electron chi connectivity index (χ0n) is 7.04. The molecule has 0 spiro atoms. The summed E-state index contributed by atoms with van der Waals surface area (Å²) in [4.78, 5) is 4.02. The molecule has 11 heavy (non-hydrogen) atoms. The van der Waals surface area contributed by atoms with Gasteiger partial charge in [0, 0.05) is 18.1 Å². The van der Waals surface area contributed by atoms with Gasteiger partial charge in [0.15, 0.2) is 0 Å². The van der Waals surface area contributed by atoms with Crippen LogP contribution in [0.4, 0.5) is 5.69 Å². The van der Waals surface area contributed by atoms with E-state index in [2.05, 4.69) is 18.8 Å². The van der Waals surface area contributed by atoms with Crippen LogP contribution in [0.2, 0.25) is 0 Å². The molecule has 1 heterocycles. The molecule has 0 aliphatic rings. The maximum absolute atomic E-state index is 5.73. The Morgan fingerprint density at radius 1 is 1.55 bits per heavy atom. The van der Waals surface area contributed by atoms with Crippen LogP contribution in [0.25, 0.3) is 0 Å². The number of hydrogen-bond donors (Lipinski definition) is 1. The number of pyridine rings is 1. The third-order valence-electron chi connectivity index (χ3n) is 1.57. The number of nitrogen functional groups attached to an aromatic ring is 1. The number of anilines is 1. The molecule has 1 rings (SSSR count). The first-order valence-corrected chi connectivity index (χ1v) is 3.88. The molecule has 60 valence electrons. The fourth-order valence-electron chi connectivity index (χ4n) is 1.05. The fourth-order valence-corrected chi connectivity index (χ4v) is 1.05. The van der Waals surface area contributed by atoms with Crippen LogP contribution in [0, 0.1) is 5.92 Å². The van der Waals surface area contributed by atoms with Crippen LogP contribution in [0.5, 0.6) is 0 Å². The Balaban J connectivity index is 2.78. The largest absolute Gasteiger partial charge is 0.398 e. The highest BCUT2D eigenvalue weighted by Gasteiger charge is 2.00. The van der Waals surface area contributed by atoms with Crippen LogP contribution in [-0.4, -0.2) is 4.98 Å². The van der Waals surface area contributed by atoms with Gasteiger partial charge in [0.25, 0.3) is 0 Å². The summed E-state index contributed by atoms with van der Waals surface area (Å²) in [6.07, 6.45) is 4.58. The van der Waals surface area contributed by atoms with Gasteiger partial charge >= 0.3 is 0 Å². The minimum atomic E-state index is 0.640. The third-order valence-corrected chi connectivity index (χ3v) is 1.57. The van der Waals surface area contributed by atoms with E-state index in [0.29, 0.717) is 5.92 Å². The number of aromatic nitrogens is 1. The first-order chi connectivity index (χ1) is 5.20. The lowest BCUT2D eigenvalue weighted by Crippen LogP contribution is -1.99. The number of hydrogen-bond acceptors (Lipinski definition) is 2. The van der Waals surface area contributed by atoms with E-state index in [0.717, 1.165) is 17.7 Å². The van der Waals surface area contributed by atoms with Gasteiger partial charge < -0.3 is 5.73 Å². The van der Waals surface area contributed by atoms with Crippen LogP contribution in [0.3, 0.4) is 0 Å². The van der Waals surface area contributed by atoms with Gasteiger partial charge in [0.05, 0.1) is 0 Å². The smallest absolute Gasteiger partial charge is 0.0377 e. The van der Waals surface area contributed by atoms with Crippen molar-refractivity contribution in [2.24, 2.45) is 5.92 Å². The SMILES string of the molecule is CC(C)Cc1cnccc1N. The fraction of sp³-hybridized carbons (Fsp3) is 0.444. The van der Waals surface area contributed by atoms with Crippen molar-refractivity contribution in [2.75, 3.05) is 5.73 Å². The van der Waals surface area contributed by atoms with Gasteiger partial charge in [-0.3, -0.25) is 4.98 Å². The molecule has 0 saturated carbocycles. The molecule has 0 radical (unpaired) electrons. The average Bonchev–Trinajstić information content (AvgIpc) is 1.93. The highest BCUT2D eigenvalue weighted by molar-refractivity contribution is 5.44. The van der Waals surface area contributed by atoms with Crippen molar-refractivity contribution in [3.63, 3.8) is 0 Å². The monoisotopic (exact) mass is 150 g/mol. The van der Waals surface area contributed by atoms with Crippen LogP contribution >= 0.6 is 0 Å². The topological polar surface area (TPSA) is 38.9 Å². The van der Waals surface area contributed by atoms with Crippen molar-refractivity contribution in [1.82, 2.24) is 4.98 Å². The van der Waals surface area contributed by atoms with Crippen LogP contribution in [0.15, 0.2) is 18.5 Å². The predicted molar refractivity (Wildman–Crippen MR) is 47.2 cm³/mol. The van der Waals surface area contributed by atoms with Gasteiger partial charge in [-0.2, -0.15) is 0 Å². The summed E-state index contributed by atoms with van der Waals surface area (Å²) in [5, 5.41) is 0. The Hall–Kier alpha value is -1.05. The van der Waals surface area contributed by atoms with Crippen molar-refractivity contribution in [3.05, 3.63) is 24.0 Å². The quantitative estimate of drug-likeness (QED) is 0.699. The van der Waals surface area contributed by atoms with Gasteiger partial charge in [0.1, 0.15) is 0 Å². The normalized spacial score (nSPS) is 10.5. The zero-order chi connectivity index (χ0) is 8.27. The summed E-state index contributed by atoms with van der Waals surface area (Å²) in [5.74, 6) is 0.640. The van der Waals surface area contributed by atoms with Gasteiger partial charge in [-0.15, -0.1) is 0 Å². The van der Waals surface area contributed by atoms with E-state index in [1.807, 2.05) is 12.3 Å². The average molecular weight is 150 g/mol. The summed E-state index contributed by atoms with van der Waals surface area (Å²) >= 11 is 0. The van der Waals surface area contributed by atoms with E-state index in [-0.39, 0.29) is 0 Å². The molecule has 1 aromatic heterocycles. The third kappa shape index (κ3) is 2.22. The molecule has 0 aromatic carbocycles. The standard InChI is InChI=1S/C9H14N2/c1-7(2)5-8-6-11-4-3-9(8)10/h3-4,6-7H,5H2,1-2H3,(H2,10,11). The lowest BCUT2D eigenvalue weighted by Gasteiger charge is -2.06. The molecule has 0 saturated heterocycles. The highest BCUT2D eigenvalue weighted by Crippen LogP contribution is 2.13. The summed E-state index contributed by atoms with van der Waals surface area (Å²) in [6, 6.07) is 1.84. The second-order valence-corrected chi connectivity index (χ2v) is 3.17. The Labute approximate surface area is 67.5 Å². The zero-order valence-corrected chi connectivity index (χ0v) is 7.04. The summed E-state index contributed by atoms with van der Waals surface area (Å²) in [6.45, 7) is 4.35. The first kappa shape index (κ1) is 8.05. The maximum atomic E-state index is 5.73. The van der Waals surface area contributed by atoms with Crippen molar-refractivity contribution in [3.8, 4) is 0 Å². The Bertz CT molecular complexity index is 231. The summed E-state index contributed by atoms with van der Waals surface area (Å²) < 4.78 is 0. The number of nitrogens with zero attached hydrogens (tertiary/aromatic N) is 1. The van der Waals surface area contributed by atoms with Crippen molar-refractivity contribution in [2.45, 2.75) is 20.3 Å². The Morgan fingerprint density at radius 3 is 2.82 bits per heavy atom. The van der Waals surface area contributed by atoms with Gasteiger partial charge in [-0.1, -0.05) is 13.8 Å². The number of nitrogens with two attached hydrogens (primary N) is 1. The minimum Gasteiger partial charge on any atom is -0.398 e. The Kier molecular flexibility index (Phi) is 2.47. The van der Waals surface area contributed by atoms with E-state index < -0.39 is 0 Å². The van der Waals surface area contributed by atoms with E-state index in [1.165, 1.54) is 0 Å². The molecule has 1 aromatic rings. The second kappa shape index (κ2) is 3.37.